The van der Waals surface area contributed by atoms with Crippen molar-refractivity contribution in [3.05, 3.63) is 72.6 Å². The van der Waals surface area contributed by atoms with E-state index < -0.39 is 21.7 Å². The Morgan fingerprint density at radius 1 is 1.12 bits per heavy atom. The van der Waals surface area contributed by atoms with Gasteiger partial charge in [-0.3, -0.25) is 4.79 Å². The SMILES string of the molecule is CC1CC(C)CN(S(=O)(=O)c2cccc(C(=O)Nc3ccc(-n4ccnc4)c(F)c3)c2)C1. The summed E-state index contributed by atoms with van der Waals surface area (Å²) in [7, 11) is -3.71. The molecule has 1 aliphatic rings. The van der Waals surface area contributed by atoms with Gasteiger partial charge in [0.25, 0.3) is 5.91 Å². The van der Waals surface area contributed by atoms with Gasteiger partial charge in [-0.15, -0.1) is 0 Å². The van der Waals surface area contributed by atoms with E-state index in [2.05, 4.69) is 10.3 Å². The van der Waals surface area contributed by atoms with Gasteiger partial charge in [0.1, 0.15) is 5.82 Å². The Morgan fingerprint density at radius 3 is 2.53 bits per heavy atom. The van der Waals surface area contributed by atoms with Gasteiger partial charge in [-0.05, 0) is 54.7 Å². The van der Waals surface area contributed by atoms with Crippen molar-refractivity contribution in [2.24, 2.45) is 11.8 Å². The van der Waals surface area contributed by atoms with Crippen LogP contribution in [0.25, 0.3) is 5.69 Å². The van der Waals surface area contributed by atoms with Crippen LogP contribution in [0.5, 0.6) is 0 Å². The van der Waals surface area contributed by atoms with Gasteiger partial charge in [0, 0.05) is 36.7 Å². The zero-order valence-corrected chi connectivity index (χ0v) is 18.7. The van der Waals surface area contributed by atoms with Gasteiger partial charge >= 0.3 is 0 Å². The molecule has 3 aromatic rings. The summed E-state index contributed by atoms with van der Waals surface area (Å²) in [6.45, 7) is 5.01. The molecule has 0 radical (unpaired) electrons. The second-order valence-electron chi connectivity index (χ2n) is 8.39. The van der Waals surface area contributed by atoms with Crippen LogP contribution in [0.15, 0.2) is 66.1 Å². The van der Waals surface area contributed by atoms with E-state index in [9.17, 15) is 17.6 Å². The number of imidazole rings is 1. The topological polar surface area (TPSA) is 84.3 Å². The lowest BCUT2D eigenvalue weighted by molar-refractivity contribution is 0.102. The number of piperidine rings is 1. The summed E-state index contributed by atoms with van der Waals surface area (Å²) < 4.78 is 43.8. The first-order valence-electron chi connectivity index (χ1n) is 10.4. The van der Waals surface area contributed by atoms with Gasteiger partial charge in [0.05, 0.1) is 16.9 Å². The molecular formula is C23H25FN4O3S. The fourth-order valence-electron chi connectivity index (χ4n) is 4.15. The third kappa shape index (κ3) is 4.58. The second-order valence-corrected chi connectivity index (χ2v) is 10.3. The Morgan fingerprint density at radius 2 is 1.88 bits per heavy atom. The summed E-state index contributed by atoms with van der Waals surface area (Å²) in [5, 5.41) is 2.63. The molecule has 2 aromatic carbocycles. The number of anilines is 1. The molecule has 1 amide bonds. The predicted octanol–water partition coefficient (Wildman–Crippen LogP) is 3.93. The number of carbonyl (C=O) groups excluding carboxylic acids is 1. The minimum absolute atomic E-state index is 0.0769. The van der Waals surface area contributed by atoms with Crippen molar-refractivity contribution in [1.82, 2.24) is 13.9 Å². The molecule has 7 nitrogen and oxygen atoms in total. The van der Waals surface area contributed by atoms with Gasteiger partial charge in [-0.25, -0.2) is 17.8 Å². The quantitative estimate of drug-likeness (QED) is 0.631. The molecule has 1 aromatic heterocycles. The third-order valence-electron chi connectivity index (χ3n) is 5.56. The third-order valence-corrected chi connectivity index (χ3v) is 7.39. The fourth-order valence-corrected chi connectivity index (χ4v) is 5.87. The second kappa shape index (κ2) is 8.84. The van der Waals surface area contributed by atoms with Crippen LogP contribution in [0.3, 0.4) is 0 Å². The van der Waals surface area contributed by atoms with Gasteiger partial charge in [0.2, 0.25) is 10.0 Å². The maximum atomic E-state index is 14.5. The normalized spacial score (nSPS) is 19.6. The summed E-state index contributed by atoms with van der Waals surface area (Å²) in [4.78, 5) is 16.7. The van der Waals surface area contributed by atoms with Crippen LogP contribution < -0.4 is 5.32 Å². The first kappa shape index (κ1) is 22.2. The zero-order chi connectivity index (χ0) is 22.9. The summed E-state index contributed by atoms with van der Waals surface area (Å²) >= 11 is 0. The molecule has 1 N–H and O–H groups in total. The molecule has 2 unspecified atom stereocenters. The molecule has 168 valence electrons. The number of aromatic nitrogens is 2. The van der Waals surface area contributed by atoms with Gasteiger partial charge < -0.3 is 9.88 Å². The van der Waals surface area contributed by atoms with Crippen LogP contribution in [0.2, 0.25) is 0 Å². The van der Waals surface area contributed by atoms with Crippen LogP contribution in [-0.2, 0) is 10.0 Å². The first-order valence-corrected chi connectivity index (χ1v) is 11.9. The summed E-state index contributed by atoms with van der Waals surface area (Å²) in [5.41, 5.74) is 0.755. The van der Waals surface area contributed by atoms with Crippen LogP contribution in [-0.4, -0.2) is 41.3 Å². The Balaban J connectivity index is 1.53. The van der Waals surface area contributed by atoms with Crippen LogP contribution in [0.1, 0.15) is 30.6 Å². The number of nitrogens with one attached hydrogen (secondary N) is 1. The minimum atomic E-state index is -3.71. The van der Waals surface area contributed by atoms with E-state index in [1.165, 1.54) is 45.5 Å². The Bertz CT molecular complexity index is 1220. The number of nitrogens with zero attached hydrogens (tertiary/aromatic N) is 3. The number of rotatable bonds is 5. The molecule has 1 aliphatic heterocycles. The lowest BCUT2D eigenvalue weighted by atomic mass is 9.94. The summed E-state index contributed by atoms with van der Waals surface area (Å²) in [5.74, 6) is -0.483. The molecule has 1 saturated heterocycles. The smallest absolute Gasteiger partial charge is 0.255 e. The monoisotopic (exact) mass is 456 g/mol. The minimum Gasteiger partial charge on any atom is -0.322 e. The molecule has 2 atom stereocenters. The molecular weight excluding hydrogens is 431 g/mol. The van der Waals surface area contributed by atoms with E-state index in [-0.39, 0.29) is 28.0 Å². The van der Waals surface area contributed by atoms with E-state index in [1.54, 1.807) is 24.5 Å². The number of amides is 1. The molecule has 0 bridgehead atoms. The Kier molecular flexibility index (Phi) is 6.12. The van der Waals surface area contributed by atoms with Crippen molar-refractivity contribution in [3.63, 3.8) is 0 Å². The van der Waals surface area contributed by atoms with Crippen LogP contribution in [0, 0.1) is 17.7 Å². The highest BCUT2D eigenvalue weighted by molar-refractivity contribution is 7.89. The number of hydrogen-bond donors (Lipinski definition) is 1. The number of benzene rings is 2. The lowest BCUT2D eigenvalue weighted by Gasteiger charge is -2.34. The zero-order valence-electron chi connectivity index (χ0n) is 17.9. The van der Waals surface area contributed by atoms with Crippen molar-refractivity contribution >= 4 is 21.6 Å². The molecule has 1 fully saturated rings. The maximum Gasteiger partial charge on any atom is 0.255 e. The van der Waals surface area contributed by atoms with Gasteiger partial charge in [-0.1, -0.05) is 19.9 Å². The number of sulfonamides is 1. The van der Waals surface area contributed by atoms with Crippen LogP contribution >= 0.6 is 0 Å². The highest BCUT2D eigenvalue weighted by Crippen LogP contribution is 2.27. The Labute approximate surface area is 186 Å². The largest absolute Gasteiger partial charge is 0.322 e. The first-order chi connectivity index (χ1) is 15.2. The van der Waals surface area contributed by atoms with E-state index in [1.807, 2.05) is 13.8 Å². The van der Waals surface area contributed by atoms with Crippen molar-refractivity contribution in [2.75, 3.05) is 18.4 Å². The molecule has 0 spiro atoms. The van der Waals surface area contributed by atoms with Crippen molar-refractivity contribution in [3.8, 4) is 5.69 Å². The van der Waals surface area contributed by atoms with E-state index in [0.29, 0.717) is 18.8 Å². The van der Waals surface area contributed by atoms with E-state index >= 15 is 0 Å². The fraction of sp³-hybridized carbons (Fsp3) is 0.304. The van der Waals surface area contributed by atoms with Crippen molar-refractivity contribution in [1.29, 1.82) is 0 Å². The highest BCUT2D eigenvalue weighted by atomic mass is 32.2. The van der Waals surface area contributed by atoms with E-state index in [4.69, 9.17) is 0 Å². The number of hydrogen-bond acceptors (Lipinski definition) is 4. The molecule has 32 heavy (non-hydrogen) atoms. The van der Waals surface area contributed by atoms with Gasteiger partial charge in [-0.2, -0.15) is 4.31 Å². The molecule has 2 heterocycles. The van der Waals surface area contributed by atoms with Crippen molar-refractivity contribution < 1.29 is 17.6 Å². The average molecular weight is 457 g/mol. The lowest BCUT2D eigenvalue weighted by Crippen LogP contribution is -2.42. The van der Waals surface area contributed by atoms with Gasteiger partial charge in [0.15, 0.2) is 0 Å². The molecule has 0 aliphatic carbocycles. The standard InChI is InChI=1S/C23H25FN4O3S/c1-16-10-17(2)14-28(13-16)32(30,31)20-5-3-4-18(11-20)23(29)26-19-6-7-22(21(24)12-19)27-9-8-25-15-27/h3-9,11-12,15-17H,10,13-14H2,1-2H3,(H,26,29). The summed E-state index contributed by atoms with van der Waals surface area (Å²) in [6.07, 6.45) is 5.63. The molecule has 9 heteroatoms. The number of carbonyl (C=O) groups is 1. The molecule has 0 saturated carbocycles. The average Bonchev–Trinajstić information content (AvgIpc) is 3.28. The Hall–Kier alpha value is -3.04. The van der Waals surface area contributed by atoms with E-state index in [0.717, 1.165) is 6.42 Å². The predicted molar refractivity (Wildman–Crippen MR) is 120 cm³/mol. The molecule has 4 rings (SSSR count). The number of halogens is 1. The highest BCUT2D eigenvalue weighted by Gasteiger charge is 2.32. The summed E-state index contributed by atoms with van der Waals surface area (Å²) in [6, 6.07) is 10.3. The maximum absolute atomic E-state index is 14.5. The van der Waals surface area contributed by atoms with Crippen molar-refractivity contribution in [2.45, 2.75) is 25.2 Å². The van der Waals surface area contributed by atoms with Crippen LogP contribution in [0.4, 0.5) is 10.1 Å².